The molecule has 2 aromatic carbocycles. The minimum Gasteiger partial charge on any atom is -0.450 e. The predicted molar refractivity (Wildman–Crippen MR) is 128 cm³/mol. The Morgan fingerprint density at radius 1 is 1.06 bits per heavy atom. The van der Waals surface area contributed by atoms with E-state index in [1.165, 1.54) is 12.8 Å². The lowest BCUT2D eigenvalue weighted by atomic mass is 10.0. The number of furan rings is 1. The monoisotopic (exact) mass is 433 g/mol. The first-order chi connectivity index (χ1) is 15.3. The van der Waals surface area contributed by atoms with Gasteiger partial charge in [0, 0.05) is 47.9 Å². The third kappa shape index (κ3) is 4.49. The molecule has 0 radical (unpaired) electrons. The fourth-order valence-corrected chi connectivity index (χ4v) is 4.48. The Morgan fingerprint density at radius 3 is 2.50 bits per heavy atom. The molecule has 0 saturated carbocycles. The molecule has 4 rings (SSSR count). The highest BCUT2D eigenvalue weighted by Crippen LogP contribution is 2.30. The molecule has 0 bridgehead atoms. The maximum absolute atomic E-state index is 12.9. The Balaban J connectivity index is 1.38. The molecule has 1 unspecified atom stereocenters. The molecule has 1 atom stereocenters. The van der Waals surface area contributed by atoms with Crippen molar-refractivity contribution in [3.63, 3.8) is 0 Å². The van der Waals surface area contributed by atoms with E-state index in [9.17, 15) is 9.59 Å². The molecule has 1 aliphatic heterocycles. The lowest BCUT2D eigenvalue weighted by Crippen LogP contribution is -2.35. The van der Waals surface area contributed by atoms with Gasteiger partial charge in [-0.05, 0) is 69.9 Å². The summed E-state index contributed by atoms with van der Waals surface area (Å²) >= 11 is 0. The van der Waals surface area contributed by atoms with E-state index >= 15 is 0 Å². The summed E-state index contributed by atoms with van der Waals surface area (Å²) in [5.74, 6) is -0.124. The number of aryl methyl sites for hydroxylation is 3. The smallest absolute Gasteiger partial charge is 0.287 e. The fourth-order valence-electron chi connectivity index (χ4n) is 4.48. The fraction of sp³-hybridized carbons (Fsp3) is 0.385. The Hall–Kier alpha value is -3.28. The van der Waals surface area contributed by atoms with Crippen LogP contribution in [0.2, 0.25) is 0 Å². The van der Waals surface area contributed by atoms with E-state index in [4.69, 9.17) is 4.42 Å². The van der Waals surface area contributed by atoms with E-state index in [1.54, 1.807) is 0 Å². The largest absolute Gasteiger partial charge is 0.450 e. The van der Waals surface area contributed by atoms with E-state index in [2.05, 4.69) is 21.6 Å². The van der Waals surface area contributed by atoms with E-state index < -0.39 is 0 Å². The van der Waals surface area contributed by atoms with Crippen LogP contribution in [0.5, 0.6) is 0 Å². The zero-order valence-electron chi connectivity index (χ0n) is 19.2. The van der Waals surface area contributed by atoms with Crippen molar-refractivity contribution in [2.45, 2.75) is 53.0 Å². The summed E-state index contributed by atoms with van der Waals surface area (Å²) < 4.78 is 5.92. The molecule has 1 fully saturated rings. The maximum Gasteiger partial charge on any atom is 0.287 e. The number of fused-ring (bicyclic) bond motifs is 1. The van der Waals surface area contributed by atoms with Crippen molar-refractivity contribution in [3.8, 4) is 0 Å². The molecule has 2 N–H and O–H groups in total. The number of nitrogens with one attached hydrogen (secondary N) is 2. The van der Waals surface area contributed by atoms with Gasteiger partial charge in [0.15, 0.2) is 5.76 Å². The Bertz CT molecular complexity index is 1160. The van der Waals surface area contributed by atoms with E-state index in [-0.39, 0.29) is 24.3 Å². The van der Waals surface area contributed by atoms with Crippen LogP contribution < -0.4 is 15.5 Å². The molecule has 6 heteroatoms. The number of anilines is 2. The van der Waals surface area contributed by atoms with Gasteiger partial charge < -0.3 is 20.0 Å². The highest BCUT2D eigenvalue weighted by atomic mass is 16.3. The minimum absolute atomic E-state index is 0.135. The molecule has 6 nitrogen and oxygen atoms in total. The number of rotatable bonds is 6. The summed E-state index contributed by atoms with van der Waals surface area (Å²) in [6.45, 7) is 9.82. The predicted octanol–water partition coefficient (Wildman–Crippen LogP) is 5.11. The standard InChI is InChI=1S/C26H31N3O3/c1-16-10-11-17(2)24-23(16)19(4)25(32-24)26(31)27-18(3)14-22(30)28-20-8-7-9-21(15-20)29-12-5-6-13-29/h7-11,15,18H,5-6,12-14H2,1-4H3,(H,27,31)(H,28,30). The lowest BCUT2D eigenvalue weighted by molar-refractivity contribution is -0.116. The number of carbonyl (C=O) groups excluding carboxylic acids is 2. The van der Waals surface area contributed by atoms with Crippen LogP contribution in [-0.4, -0.2) is 30.9 Å². The van der Waals surface area contributed by atoms with Crippen LogP contribution in [-0.2, 0) is 4.79 Å². The van der Waals surface area contributed by atoms with Crippen LogP contribution in [0.15, 0.2) is 40.8 Å². The van der Waals surface area contributed by atoms with E-state index in [1.807, 2.05) is 58.0 Å². The van der Waals surface area contributed by atoms with Gasteiger partial charge >= 0.3 is 0 Å². The van der Waals surface area contributed by atoms with Crippen LogP contribution in [0, 0.1) is 20.8 Å². The first kappa shape index (κ1) is 21.9. The van der Waals surface area contributed by atoms with Gasteiger partial charge in [-0.25, -0.2) is 0 Å². The number of carbonyl (C=O) groups is 2. The minimum atomic E-state index is -0.334. The highest BCUT2D eigenvalue weighted by molar-refractivity contribution is 6.01. The van der Waals surface area contributed by atoms with Crippen molar-refractivity contribution in [3.05, 3.63) is 58.8 Å². The van der Waals surface area contributed by atoms with Crippen molar-refractivity contribution in [1.29, 1.82) is 0 Å². The van der Waals surface area contributed by atoms with Crippen molar-refractivity contribution in [2.24, 2.45) is 0 Å². The van der Waals surface area contributed by atoms with Gasteiger partial charge in [0.05, 0.1) is 0 Å². The quantitative estimate of drug-likeness (QED) is 0.567. The second-order valence-electron chi connectivity index (χ2n) is 8.83. The number of hydrogen-bond donors (Lipinski definition) is 2. The number of benzene rings is 2. The van der Waals surface area contributed by atoms with Crippen LogP contribution in [0.3, 0.4) is 0 Å². The first-order valence-corrected chi connectivity index (χ1v) is 11.3. The zero-order valence-corrected chi connectivity index (χ0v) is 19.2. The van der Waals surface area contributed by atoms with Gasteiger partial charge in [-0.1, -0.05) is 18.2 Å². The average Bonchev–Trinajstić information content (AvgIpc) is 3.39. The van der Waals surface area contributed by atoms with Gasteiger partial charge in [-0.15, -0.1) is 0 Å². The van der Waals surface area contributed by atoms with Crippen molar-refractivity contribution >= 4 is 34.2 Å². The zero-order chi connectivity index (χ0) is 22.8. The van der Waals surface area contributed by atoms with Crippen LogP contribution in [0.1, 0.15) is 53.4 Å². The summed E-state index contributed by atoms with van der Waals surface area (Å²) in [7, 11) is 0. The first-order valence-electron chi connectivity index (χ1n) is 11.3. The summed E-state index contributed by atoms with van der Waals surface area (Å²) in [6, 6.07) is 11.6. The topological polar surface area (TPSA) is 74.6 Å². The Kier molecular flexibility index (Phi) is 6.21. The van der Waals surface area contributed by atoms with Gasteiger partial charge in [0.2, 0.25) is 5.91 Å². The second kappa shape index (κ2) is 9.07. The summed E-state index contributed by atoms with van der Waals surface area (Å²) in [5, 5.41) is 6.85. The summed E-state index contributed by atoms with van der Waals surface area (Å²) in [4.78, 5) is 27.8. The van der Waals surface area contributed by atoms with E-state index in [0.717, 1.165) is 52.1 Å². The second-order valence-corrected chi connectivity index (χ2v) is 8.83. The van der Waals surface area contributed by atoms with Crippen LogP contribution in [0.4, 0.5) is 11.4 Å². The Labute approximate surface area is 189 Å². The molecule has 0 aliphatic carbocycles. The number of nitrogens with zero attached hydrogens (tertiary/aromatic N) is 1. The lowest BCUT2D eigenvalue weighted by Gasteiger charge is -2.19. The molecule has 32 heavy (non-hydrogen) atoms. The van der Waals surface area contributed by atoms with Crippen molar-refractivity contribution < 1.29 is 14.0 Å². The third-order valence-corrected chi connectivity index (χ3v) is 6.16. The molecular formula is C26H31N3O3. The van der Waals surface area contributed by atoms with Gasteiger partial charge in [-0.3, -0.25) is 9.59 Å². The normalized spacial score (nSPS) is 14.6. The molecule has 3 aromatic rings. The highest BCUT2D eigenvalue weighted by Gasteiger charge is 2.22. The maximum atomic E-state index is 12.9. The molecule has 168 valence electrons. The summed E-state index contributed by atoms with van der Waals surface area (Å²) in [6.07, 6.45) is 2.59. The molecule has 0 spiro atoms. The van der Waals surface area contributed by atoms with Crippen LogP contribution >= 0.6 is 0 Å². The summed E-state index contributed by atoms with van der Waals surface area (Å²) in [5.41, 5.74) is 5.56. The van der Waals surface area contributed by atoms with E-state index in [0.29, 0.717) is 5.76 Å². The molecule has 2 heterocycles. The Morgan fingerprint density at radius 2 is 1.78 bits per heavy atom. The molecular weight excluding hydrogens is 402 g/mol. The average molecular weight is 434 g/mol. The van der Waals surface area contributed by atoms with Gasteiger partial charge in [-0.2, -0.15) is 0 Å². The number of hydrogen-bond acceptors (Lipinski definition) is 4. The van der Waals surface area contributed by atoms with Gasteiger partial charge in [0.1, 0.15) is 5.58 Å². The molecule has 2 amide bonds. The third-order valence-electron chi connectivity index (χ3n) is 6.16. The van der Waals surface area contributed by atoms with Crippen LogP contribution in [0.25, 0.3) is 11.0 Å². The van der Waals surface area contributed by atoms with Crippen molar-refractivity contribution in [1.82, 2.24) is 5.32 Å². The SMILES string of the molecule is Cc1ccc(C)c2c(C)c(C(=O)NC(C)CC(=O)Nc3cccc(N4CCCC4)c3)oc12. The number of amides is 2. The molecule has 1 aromatic heterocycles. The van der Waals surface area contributed by atoms with Gasteiger partial charge in [0.25, 0.3) is 5.91 Å². The van der Waals surface area contributed by atoms with Crippen molar-refractivity contribution in [2.75, 3.05) is 23.3 Å². The molecule has 1 saturated heterocycles. The molecule has 1 aliphatic rings.